The summed E-state index contributed by atoms with van der Waals surface area (Å²) < 4.78 is 7.60. The van der Waals surface area contributed by atoms with Crippen molar-refractivity contribution >= 4 is 64.9 Å². The zero-order chi connectivity index (χ0) is 27.6. The molecule has 0 bridgehead atoms. The van der Waals surface area contributed by atoms with Crippen molar-refractivity contribution in [3.05, 3.63) is 146 Å². The van der Waals surface area contributed by atoms with E-state index in [4.69, 9.17) is 4.42 Å². The van der Waals surface area contributed by atoms with Gasteiger partial charge in [0.25, 0.3) is 0 Å². The lowest BCUT2D eigenvalue weighted by molar-refractivity contribution is 0.669. The van der Waals surface area contributed by atoms with Crippen LogP contribution in [0.1, 0.15) is 0 Å². The van der Waals surface area contributed by atoms with Gasteiger partial charge in [-0.3, -0.25) is 0 Å². The lowest BCUT2D eigenvalue weighted by atomic mass is 9.86. The molecule has 0 spiro atoms. The molecule has 42 heavy (non-hydrogen) atoms. The molecule has 2 heterocycles. The Labute approximate surface area is 246 Å². The highest BCUT2D eigenvalue weighted by Crippen LogP contribution is 2.53. The van der Waals surface area contributed by atoms with Gasteiger partial charge in [0.05, 0.1) is 0 Å². The summed E-state index contributed by atoms with van der Waals surface area (Å²) in [4.78, 5) is 1.29. The number of fused-ring (bicyclic) bond motifs is 7. The minimum absolute atomic E-state index is 0.930. The molecule has 0 atom stereocenters. The Morgan fingerprint density at radius 1 is 0.357 bits per heavy atom. The van der Waals surface area contributed by atoms with E-state index >= 15 is 0 Å². The van der Waals surface area contributed by atoms with E-state index in [9.17, 15) is 0 Å². The summed E-state index contributed by atoms with van der Waals surface area (Å²) in [5.74, 6) is 0. The molecule has 196 valence electrons. The Balaban J connectivity index is 1.50. The fourth-order valence-corrected chi connectivity index (χ4v) is 8.17. The van der Waals surface area contributed by atoms with Gasteiger partial charge in [0, 0.05) is 36.9 Å². The van der Waals surface area contributed by atoms with Gasteiger partial charge in [-0.2, -0.15) is 0 Å². The first-order valence-corrected chi connectivity index (χ1v) is 15.1. The predicted molar refractivity (Wildman–Crippen MR) is 180 cm³/mol. The van der Waals surface area contributed by atoms with E-state index in [1.807, 2.05) is 17.4 Å². The Morgan fingerprint density at radius 2 is 0.857 bits per heavy atom. The first kappa shape index (κ1) is 23.5. The molecule has 0 N–H and O–H groups in total. The van der Waals surface area contributed by atoms with Crippen molar-refractivity contribution in [2.75, 3.05) is 0 Å². The first-order valence-electron chi connectivity index (χ1n) is 14.3. The van der Waals surface area contributed by atoms with E-state index in [1.165, 1.54) is 75.1 Å². The van der Waals surface area contributed by atoms with Crippen molar-refractivity contribution in [1.29, 1.82) is 0 Å². The van der Waals surface area contributed by atoms with Crippen LogP contribution in [0.25, 0.3) is 86.3 Å². The van der Waals surface area contributed by atoms with Gasteiger partial charge in [0.2, 0.25) is 0 Å². The number of hydrogen-bond acceptors (Lipinski definition) is 2. The van der Waals surface area contributed by atoms with Crippen molar-refractivity contribution in [2.24, 2.45) is 0 Å². The summed E-state index contributed by atoms with van der Waals surface area (Å²) in [6.07, 6.45) is 0. The summed E-state index contributed by atoms with van der Waals surface area (Å²) in [6.45, 7) is 0. The van der Waals surface area contributed by atoms with Gasteiger partial charge in [0.1, 0.15) is 11.2 Å². The highest BCUT2D eigenvalue weighted by molar-refractivity contribution is 7.24. The summed E-state index contributed by atoms with van der Waals surface area (Å²) in [6, 6.07) is 52.3. The predicted octanol–water partition coefficient (Wildman–Crippen LogP) is 12.1. The second kappa shape index (κ2) is 9.17. The van der Waals surface area contributed by atoms with Crippen LogP contribution < -0.4 is 0 Å². The summed E-state index contributed by atoms with van der Waals surface area (Å²) in [7, 11) is 0. The van der Waals surface area contributed by atoms with E-state index in [0.717, 1.165) is 11.2 Å². The number of rotatable bonds is 3. The van der Waals surface area contributed by atoms with Crippen molar-refractivity contribution < 1.29 is 4.42 Å². The third-order valence-corrected chi connectivity index (χ3v) is 9.72. The summed E-state index contributed by atoms with van der Waals surface area (Å²) >= 11 is 1.89. The molecule has 0 unspecified atom stereocenters. The van der Waals surface area contributed by atoms with Gasteiger partial charge in [-0.25, -0.2) is 0 Å². The molecule has 7 aromatic carbocycles. The smallest absolute Gasteiger partial charge is 0.136 e. The zero-order valence-corrected chi connectivity index (χ0v) is 23.5. The largest absolute Gasteiger partial charge is 0.456 e. The van der Waals surface area contributed by atoms with Crippen LogP contribution in [0.4, 0.5) is 0 Å². The normalized spacial score (nSPS) is 11.8. The monoisotopic (exact) mass is 552 g/mol. The summed E-state index contributed by atoms with van der Waals surface area (Å²) in [5.41, 5.74) is 8.20. The highest BCUT2D eigenvalue weighted by atomic mass is 32.1. The minimum atomic E-state index is 0.930. The van der Waals surface area contributed by atoms with Crippen LogP contribution in [-0.2, 0) is 0 Å². The third-order valence-electron chi connectivity index (χ3n) is 8.48. The van der Waals surface area contributed by atoms with Gasteiger partial charge in [-0.15, -0.1) is 11.3 Å². The van der Waals surface area contributed by atoms with Gasteiger partial charge in [-0.05, 0) is 56.4 Å². The number of hydrogen-bond donors (Lipinski definition) is 0. The van der Waals surface area contributed by atoms with Crippen LogP contribution in [0.5, 0.6) is 0 Å². The van der Waals surface area contributed by atoms with Crippen molar-refractivity contribution in [3.63, 3.8) is 0 Å². The second-order valence-corrected chi connectivity index (χ2v) is 11.8. The fourth-order valence-electron chi connectivity index (χ4n) is 6.72. The van der Waals surface area contributed by atoms with Crippen molar-refractivity contribution in [3.8, 4) is 32.7 Å². The topological polar surface area (TPSA) is 13.1 Å². The number of benzene rings is 7. The lowest BCUT2D eigenvalue weighted by Gasteiger charge is -2.18. The van der Waals surface area contributed by atoms with Crippen molar-refractivity contribution in [2.45, 2.75) is 0 Å². The highest BCUT2D eigenvalue weighted by Gasteiger charge is 2.24. The standard InChI is InChI=1S/C40H24OS/c1-3-13-25(14-4-1)35-27-17-7-9-19-29(27)37(30-20-10-8-18-28(30)35)40-36(26-15-5-2-6-16-26)32-23-24-34-38(39(32)42-40)31-21-11-12-22-33(31)41-34/h1-24H. The van der Waals surface area contributed by atoms with E-state index in [2.05, 4.69) is 140 Å². The van der Waals surface area contributed by atoms with Crippen LogP contribution in [0.2, 0.25) is 0 Å². The average Bonchev–Trinajstić information content (AvgIpc) is 3.63. The van der Waals surface area contributed by atoms with E-state index < -0.39 is 0 Å². The number of furan rings is 1. The Hall–Kier alpha value is -5.18. The fraction of sp³-hybridized carbons (Fsp3) is 0. The van der Waals surface area contributed by atoms with Gasteiger partial charge < -0.3 is 4.42 Å². The summed E-state index contributed by atoms with van der Waals surface area (Å²) in [5, 5.41) is 8.71. The van der Waals surface area contributed by atoms with E-state index in [0.29, 0.717) is 0 Å². The molecule has 0 saturated heterocycles. The number of para-hydroxylation sites is 1. The maximum absolute atomic E-state index is 6.33. The molecule has 9 aromatic rings. The van der Waals surface area contributed by atoms with E-state index in [1.54, 1.807) is 0 Å². The van der Waals surface area contributed by atoms with Crippen LogP contribution in [0, 0.1) is 0 Å². The molecule has 1 nitrogen and oxygen atoms in total. The molecule has 0 fully saturated rings. The van der Waals surface area contributed by atoms with Gasteiger partial charge in [0.15, 0.2) is 0 Å². The van der Waals surface area contributed by atoms with Crippen LogP contribution in [0.15, 0.2) is 150 Å². The van der Waals surface area contributed by atoms with E-state index in [-0.39, 0.29) is 0 Å². The average molecular weight is 553 g/mol. The molecule has 9 rings (SSSR count). The Bertz CT molecular complexity index is 2390. The maximum Gasteiger partial charge on any atom is 0.136 e. The van der Waals surface area contributed by atoms with Gasteiger partial charge >= 0.3 is 0 Å². The lowest BCUT2D eigenvalue weighted by Crippen LogP contribution is -1.90. The molecule has 2 aromatic heterocycles. The third kappa shape index (κ3) is 3.36. The maximum atomic E-state index is 6.33. The van der Waals surface area contributed by atoms with Crippen LogP contribution in [-0.4, -0.2) is 0 Å². The molecule has 0 amide bonds. The molecule has 0 radical (unpaired) electrons. The van der Waals surface area contributed by atoms with Crippen molar-refractivity contribution in [1.82, 2.24) is 0 Å². The molecular formula is C40H24OS. The Kier molecular flexibility index (Phi) is 5.13. The quantitative estimate of drug-likeness (QED) is 0.199. The molecule has 2 heteroatoms. The SMILES string of the molecule is c1ccc(-c2c3ccccc3c(-c3sc4c(ccc5oc6ccccc6c54)c3-c3ccccc3)c3ccccc23)cc1. The molecule has 0 aliphatic rings. The van der Waals surface area contributed by atoms with Gasteiger partial charge in [-0.1, -0.05) is 127 Å². The van der Waals surface area contributed by atoms with Crippen LogP contribution in [0.3, 0.4) is 0 Å². The second-order valence-electron chi connectivity index (χ2n) is 10.8. The molecule has 0 saturated carbocycles. The minimum Gasteiger partial charge on any atom is -0.456 e. The number of thiophene rings is 1. The first-order chi connectivity index (χ1) is 20.9. The molecule has 0 aliphatic heterocycles. The molecule has 0 aliphatic carbocycles. The zero-order valence-electron chi connectivity index (χ0n) is 22.7. The molecular weight excluding hydrogens is 529 g/mol. The van der Waals surface area contributed by atoms with Crippen LogP contribution >= 0.6 is 11.3 Å². The Morgan fingerprint density at radius 3 is 1.48 bits per heavy atom.